The number of anilines is 1. The molecule has 3 heterocycles. The number of likely N-dealkylation sites (tertiary alicyclic amines) is 1. The molecular weight excluding hydrogens is 484 g/mol. The number of esters is 1. The van der Waals surface area contributed by atoms with E-state index in [1.807, 2.05) is 11.4 Å². The highest BCUT2D eigenvalue weighted by molar-refractivity contribution is 7.99. The molecule has 186 valence electrons. The third-order valence-electron chi connectivity index (χ3n) is 5.85. The quantitative estimate of drug-likeness (QED) is 0.246. The summed E-state index contributed by atoms with van der Waals surface area (Å²) in [4.78, 5) is 44.6. The SMILES string of the molecule is CCOC(=O)c1ccc(NC(=O)CSc2nc3ccsc3c(=O)n2CCCN2CCCCC2)cc1. The number of benzene rings is 1. The van der Waals surface area contributed by atoms with E-state index in [0.717, 1.165) is 26.1 Å². The first-order valence-electron chi connectivity index (χ1n) is 12.0. The van der Waals surface area contributed by atoms with Gasteiger partial charge in [-0.25, -0.2) is 9.78 Å². The Balaban J connectivity index is 1.39. The van der Waals surface area contributed by atoms with Crippen LogP contribution in [0.15, 0.2) is 45.7 Å². The first-order valence-corrected chi connectivity index (χ1v) is 13.8. The van der Waals surface area contributed by atoms with Gasteiger partial charge in [0.25, 0.3) is 5.56 Å². The largest absolute Gasteiger partial charge is 0.462 e. The number of aromatic nitrogens is 2. The molecule has 1 fully saturated rings. The molecule has 2 aromatic heterocycles. The Morgan fingerprint density at radius 3 is 2.63 bits per heavy atom. The van der Waals surface area contributed by atoms with Crippen LogP contribution in [0.25, 0.3) is 10.2 Å². The van der Waals surface area contributed by atoms with Crippen LogP contribution in [0.3, 0.4) is 0 Å². The van der Waals surface area contributed by atoms with Crippen LogP contribution in [0, 0.1) is 0 Å². The predicted octanol–water partition coefficient (Wildman–Crippen LogP) is 4.24. The Labute approximate surface area is 212 Å². The summed E-state index contributed by atoms with van der Waals surface area (Å²) < 4.78 is 7.35. The minimum Gasteiger partial charge on any atom is -0.462 e. The van der Waals surface area contributed by atoms with Gasteiger partial charge in [-0.05, 0) is 81.5 Å². The molecule has 8 nitrogen and oxygen atoms in total. The van der Waals surface area contributed by atoms with Crippen LogP contribution >= 0.6 is 23.1 Å². The van der Waals surface area contributed by atoms with Crippen LogP contribution in [0.4, 0.5) is 5.69 Å². The predicted molar refractivity (Wildman–Crippen MR) is 141 cm³/mol. The molecule has 10 heteroatoms. The Hall–Kier alpha value is -2.69. The Morgan fingerprint density at radius 2 is 1.89 bits per heavy atom. The van der Waals surface area contributed by atoms with E-state index < -0.39 is 5.97 Å². The molecule has 35 heavy (non-hydrogen) atoms. The Kier molecular flexibility index (Phi) is 8.95. The van der Waals surface area contributed by atoms with Gasteiger partial charge in [0.1, 0.15) is 4.70 Å². The monoisotopic (exact) mass is 514 g/mol. The molecule has 0 atom stereocenters. The number of thioether (sulfide) groups is 1. The van der Waals surface area contributed by atoms with Gasteiger partial charge in [-0.2, -0.15) is 0 Å². The fourth-order valence-electron chi connectivity index (χ4n) is 4.10. The van der Waals surface area contributed by atoms with Crippen molar-refractivity contribution in [2.45, 2.75) is 44.3 Å². The van der Waals surface area contributed by atoms with Gasteiger partial charge in [-0.15, -0.1) is 11.3 Å². The highest BCUT2D eigenvalue weighted by atomic mass is 32.2. The second-order valence-corrected chi connectivity index (χ2v) is 10.2. The van der Waals surface area contributed by atoms with Crippen LogP contribution in [0.5, 0.6) is 0 Å². The molecular formula is C25H30N4O4S2. The van der Waals surface area contributed by atoms with Gasteiger partial charge in [-0.1, -0.05) is 18.2 Å². The third-order valence-corrected chi connectivity index (χ3v) is 7.72. The van der Waals surface area contributed by atoms with Crippen LogP contribution in [0.1, 0.15) is 43.0 Å². The molecule has 0 unspecified atom stereocenters. The first kappa shape index (κ1) is 25.4. The molecule has 1 amide bonds. The lowest BCUT2D eigenvalue weighted by atomic mass is 10.1. The lowest BCUT2D eigenvalue weighted by molar-refractivity contribution is -0.113. The van der Waals surface area contributed by atoms with Gasteiger partial charge in [0.05, 0.1) is 23.4 Å². The van der Waals surface area contributed by atoms with Crippen LogP contribution in [-0.2, 0) is 16.1 Å². The summed E-state index contributed by atoms with van der Waals surface area (Å²) in [5.74, 6) is -0.485. The molecule has 4 rings (SSSR count). The van der Waals surface area contributed by atoms with E-state index in [1.165, 1.54) is 42.4 Å². The summed E-state index contributed by atoms with van der Waals surface area (Å²) in [5.41, 5.74) is 1.65. The van der Waals surface area contributed by atoms with Crippen LogP contribution in [0.2, 0.25) is 0 Å². The van der Waals surface area contributed by atoms with E-state index in [-0.39, 0.29) is 17.2 Å². The van der Waals surface area contributed by atoms with Gasteiger partial charge < -0.3 is 15.0 Å². The number of thiophene rings is 1. The van der Waals surface area contributed by atoms with Crippen molar-refractivity contribution >= 4 is 50.9 Å². The average Bonchev–Trinajstić information content (AvgIpc) is 3.34. The van der Waals surface area contributed by atoms with E-state index in [0.29, 0.717) is 39.8 Å². The maximum absolute atomic E-state index is 13.1. The number of fused-ring (bicyclic) bond motifs is 1. The molecule has 0 saturated carbocycles. The highest BCUT2D eigenvalue weighted by Gasteiger charge is 2.16. The molecule has 0 aliphatic carbocycles. The number of carbonyl (C=O) groups is 2. The van der Waals surface area contributed by atoms with Crippen molar-refractivity contribution < 1.29 is 14.3 Å². The fraction of sp³-hybridized carbons (Fsp3) is 0.440. The number of ether oxygens (including phenoxy) is 1. The average molecular weight is 515 g/mol. The van der Waals surface area contributed by atoms with E-state index in [2.05, 4.69) is 15.2 Å². The third kappa shape index (κ3) is 6.71. The van der Waals surface area contributed by atoms with Gasteiger partial charge in [0, 0.05) is 12.2 Å². The summed E-state index contributed by atoms with van der Waals surface area (Å²) in [6, 6.07) is 8.41. The van der Waals surface area contributed by atoms with E-state index >= 15 is 0 Å². The highest BCUT2D eigenvalue weighted by Crippen LogP contribution is 2.22. The number of nitrogens with one attached hydrogen (secondary N) is 1. The molecule has 3 aromatic rings. The van der Waals surface area contributed by atoms with Crippen molar-refractivity contribution in [2.24, 2.45) is 0 Å². The number of piperidine rings is 1. The smallest absolute Gasteiger partial charge is 0.338 e. The van der Waals surface area contributed by atoms with Crippen molar-refractivity contribution in [3.8, 4) is 0 Å². The first-order chi connectivity index (χ1) is 17.0. The lowest BCUT2D eigenvalue weighted by Gasteiger charge is -2.26. The van der Waals surface area contributed by atoms with Crippen LogP contribution in [-0.4, -0.2) is 58.3 Å². The molecule has 1 aromatic carbocycles. The molecule has 1 aliphatic rings. The van der Waals surface area contributed by atoms with Crippen molar-refractivity contribution in [3.63, 3.8) is 0 Å². The second kappa shape index (κ2) is 12.3. The minimum atomic E-state index is -0.394. The number of hydrogen-bond donors (Lipinski definition) is 1. The zero-order valence-electron chi connectivity index (χ0n) is 19.8. The number of rotatable bonds is 10. The zero-order valence-corrected chi connectivity index (χ0v) is 21.5. The van der Waals surface area contributed by atoms with Crippen LogP contribution < -0.4 is 10.9 Å². The van der Waals surface area contributed by atoms with E-state index in [1.54, 1.807) is 35.8 Å². The van der Waals surface area contributed by atoms with Gasteiger partial charge in [-0.3, -0.25) is 14.2 Å². The normalized spacial score (nSPS) is 14.2. The summed E-state index contributed by atoms with van der Waals surface area (Å²) in [6.45, 7) is 5.85. The standard InChI is InChI=1S/C25H30N4O4S2/c1-2-33-24(32)18-7-9-19(10-8-18)26-21(30)17-35-25-27-20-11-16-34-22(20)23(31)29(25)15-6-14-28-12-4-3-5-13-28/h7-11,16H,2-6,12-15,17H2,1H3,(H,26,30). The van der Waals surface area contributed by atoms with Crippen molar-refractivity contribution in [1.82, 2.24) is 14.5 Å². The fourth-order valence-corrected chi connectivity index (χ4v) is 5.70. The van der Waals surface area contributed by atoms with Gasteiger partial charge >= 0.3 is 5.97 Å². The summed E-state index contributed by atoms with van der Waals surface area (Å²) in [5, 5.41) is 5.27. The van der Waals surface area contributed by atoms with Crippen molar-refractivity contribution in [3.05, 3.63) is 51.6 Å². The number of carbonyl (C=O) groups excluding carboxylic acids is 2. The Morgan fingerprint density at radius 1 is 1.11 bits per heavy atom. The molecule has 0 spiro atoms. The maximum atomic E-state index is 13.1. The van der Waals surface area contributed by atoms with Gasteiger partial charge in [0.2, 0.25) is 5.91 Å². The summed E-state index contributed by atoms with van der Waals surface area (Å²) in [7, 11) is 0. The van der Waals surface area contributed by atoms with Crippen molar-refractivity contribution in [2.75, 3.05) is 37.3 Å². The Bertz CT molecular complexity index is 1220. The molecule has 1 N–H and O–H groups in total. The topological polar surface area (TPSA) is 93.5 Å². The van der Waals surface area contributed by atoms with E-state index in [9.17, 15) is 14.4 Å². The molecule has 0 bridgehead atoms. The summed E-state index contributed by atoms with van der Waals surface area (Å²) in [6.07, 6.45) is 4.65. The second-order valence-electron chi connectivity index (χ2n) is 8.38. The molecule has 1 aliphatic heterocycles. The minimum absolute atomic E-state index is 0.0406. The number of amides is 1. The molecule has 1 saturated heterocycles. The van der Waals surface area contributed by atoms with Crippen molar-refractivity contribution in [1.29, 1.82) is 0 Å². The maximum Gasteiger partial charge on any atom is 0.338 e. The molecule has 0 radical (unpaired) electrons. The summed E-state index contributed by atoms with van der Waals surface area (Å²) >= 11 is 2.67. The number of hydrogen-bond acceptors (Lipinski definition) is 8. The lowest BCUT2D eigenvalue weighted by Crippen LogP contribution is -2.32. The number of nitrogens with zero attached hydrogens (tertiary/aromatic N) is 3. The van der Waals surface area contributed by atoms with E-state index in [4.69, 9.17) is 4.74 Å². The zero-order chi connectivity index (χ0) is 24.6. The van der Waals surface area contributed by atoms with Gasteiger partial charge in [0.15, 0.2) is 5.16 Å².